The molecule has 6 heteroatoms. The van der Waals surface area contributed by atoms with E-state index in [1.165, 1.54) is 29.3 Å². The van der Waals surface area contributed by atoms with Crippen LogP contribution in [0.4, 0.5) is 4.39 Å². The number of nitrogens with zero attached hydrogens (tertiary/aromatic N) is 2. The number of halogens is 1. The molecule has 0 unspecified atom stereocenters. The fourth-order valence-corrected chi connectivity index (χ4v) is 4.18. The van der Waals surface area contributed by atoms with E-state index in [-0.39, 0.29) is 23.7 Å². The van der Waals surface area contributed by atoms with Crippen molar-refractivity contribution in [3.05, 3.63) is 89.5 Å². The number of hydrazone groups is 1. The number of hydrogen-bond donors (Lipinski definition) is 0. The van der Waals surface area contributed by atoms with E-state index in [4.69, 9.17) is 13.9 Å². The lowest BCUT2D eigenvalue weighted by molar-refractivity contribution is 0.0656. The zero-order valence-electron chi connectivity index (χ0n) is 15.6. The van der Waals surface area contributed by atoms with Crippen LogP contribution in [0.2, 0.25) is 0 Å². The summed E-state index contributed by atoms with van der Waals surface area (Å²) >= 11 is 0. The smallest absolute Gasteiger partial charge is 0.274 e. The van der Waals surface area contributed by atoms with Crippen molar-refractivity contribution in [3.8, 4) is 0 Å². The molecule has 5 rings (SSSR count). The Morgan fingerprint density at radius 3 is 2.62 bits per heavy atom. The summed E-state index contributed by atoms with van der Waals surface area (Å²) in [6.45, 7) is 0. The number of amides is 1. The third kappa shape index (κ3) is 3.20. The number of furan rings is 2. The average Bonchev–Trinajstić information content (AvgIpc) is 3.48. The summed E-state index contributed by atoms with van der Waals surface area (Å²) in [5.74, 6) is 0.852. The molecule has 1 fully saturated rings. The molecule has 1 amide bonds. The number of carbonyl (C=O) groups excluding carboxylic acids is 1. The third-order valence-corrected chi connectivity index (χ3v) is 5.50. The van der Waals surface area contributed by atoms with Gasteiger partial charge in [-0.25, -0.2) is 9.40 Å². The predicted molar refractivity (Wildman–Crippen MR) is 105 cm³/mol. The van der Waals surface area contributed by atoms with Gasteiger partial charge in [0.05, 0.1) is 18.2 Å². The number of hydrogen-bond acceptors (Lipinski definition) is 4. The summed E-state index contributed by atoms with van der Waals surface area (Å²) in [7, 11) is 0. The molecule has 2 atom stereocenters. The first kappa shape index (κ1) is 17.7. The molecule has 29 heavy (non-hydrogen) atoms. The van der Waals surface area contributed by atoms with Crippen molar-refractivity contribution in [2.45, 2.75) is 25.3 Å². The van der Waals surface area contributed by atoms with E-state index in [0.717, 1.165) is 36.3 Å². The second kappa shape index (κ2) is 7.20. The highest BCUT2D eigenvalue weighted by Gasteiger charge is 2.45. The molecule has 2 aromatic heterocycles. The van der Waals surface area contributed by atoms with Gasteiger partial charge in [0.1, 0.15) is 23.4 Å². The molecule has 2 aliphatic rings. The second-order valence-corrected chi connectivity index (χ2v) is 7.29. The molecule has 1 saturated carbocycles. The summed E-state index contributed by atoms with van der Waals surface area (Å²) < 4.78 is 24.5. The van der Waals surface area contributed by atoms with Gasteiger partial charge in [0.2, 0.25) is 0 Å². The molecule has 1 aliphatic carbocycles. The van der Waals surface area contributed by atoms with Crippen molar-refractivity contribution in [1.29, 1.82) is 0 Å². The van der Waals surface area contributed by atoms with Gasteiger partial charge in [-0.3, -0.25) is 4.79 Å². The predicted octanol–water partition coefficient (Wildman–Crippen LogP) is 5.45. The normalized spacial score (nSPS) is 22.6. The van der Waals surface area contributed by atoms with Crippen LogP contribution in [-0.2, 0) is 0 Å². The number of benzene rings is 1. The largest absolute Gasteiger partial charge is 0.467 e. The van der Waals surface area contributed by atoms with Crippen molar-refractivity contribution in [2.24, 2.45) is 11.0 Å². The van der Waals surface area contributed by atoms with Gasteiger partial charge >= 0.3 is 0 Å². The summed E-state index contributed by atoms with van der Waals surface area (Å²) in [6.07, 6.45) is 8.02. The molecule has 146 valence electrons. The molecular formula is C23H19FN2O3. The van der Waals surface area contributed by atoms with Crippen LogP contribution in [0.1, 0.15) is 47.2 Å². The van der Waals surface area contributed by atoms with Gasteiger partial charge in [0.15, 0.2) is 0 Å². The Morgan fingerprint density at radius 1 is 1.10 bits per heavy atom. The SMILES string of the molecule is O=C(c1ccc(F)cc1)N1N=C2/C(=C/c3ccco3)CCC[C@H]2[C@H]1c1ccco1. The van der Waals surface area contributed by atoms with E-state index >= 15 is 0 Å². The summed E-state index contributed by atoms with van der Waals surface area (Å²) in [6, 6.07) is 12.7. The number of fused-ring (bicyclic) bond motifs is 1. The topological polar surface area (TPSA) is 59.0 Å². The maximum Gasteiger partial charge on any atom is 0.274 e. The molecule has 1 aromatic carbocycles. The Balaban J connectivity index is 1.56. The summed E-state index contributed by atoms with van der Waals surface area (Å²) in [5.41, 5.74) is 2.36. The van der Waals surface area contributed by atoms with Crippen LogP contribution in [0.25, 0.3) is 6.08 Å². The van der Waals surface area contributed by atoms with Crippen LogP contribution in [0.3, 0.4) is 0 Å². The standard InChI is InChI=1S/C23H19FN2O3/c24-17-10-8-15(9-11-17)23(27)26-22(20-7-3-13-29-20)19-6-1-4-16(21(19)25-26)14-18-5-2-12-28-18/h2-3,5,7-14,19,22H,1,4,6H2/b16-14+/t19-,22+/m1/s1. The van der Waals surface area contributed by atoms with Crippen LogP contribution >= 0.6 is 0 Å². The van der Waals surface area contributed by atoms with Gasteiger partial charge in [-0.1, -0.05) is 0 Å². The van der Waals surface area contributed by atoms with E-state index in [0.29, 0.717) is 11.3 Å². The Hall–Kier alpha value is -3.41. The molecule has 0 bridgehead atoms. The van der Waals surface area contributed by atoms with Crippen LogP contribution in [0.15, 0.2) is 80.6 Å². The van der Waals surface area contributed by atoms with Crippen molar-refractivity contribution >= 4 is 17.7 Å². The highest BCUT2D eigenvalue weighted by Crippen LogP contribution is 2.45. The van der Waals surface area contributed by atoms with E-state index in [1.807, 2.05) is 30.3 Å². The lowest BCUT2D eigenvalue weighted by Crippen LogP contribution is -2.31. The monoisotopic (exact) mass is 390 g/mol. The van der Waals surface area contributed by atoms with Crippen molar-refractivity contribution in [2.75, 3.05) is 0 Å². The van der Waals surface area contributed by atoms with Gasteiger partial charge in [-0.2, -0.15) is 5.10 Å². The van der Waals surface area contributed by atoms with Crippen LogP contribution < -0.4 is 0 Å². The Morgan fingerprint density at radius 2 is 1.90 bits per heavy atom. The molecule has 5 nitrogen and oxygen atoms in total. The fraction of sp³-hybridized carbons (Fsp3) is 0.217. The summed E-state index contributed by atoms with van der Waals surface area (Å²) in [4.78, 5) is 13.2. The van der Waals surface area contributed by atoms with Crippen molar-refractivity contribution < 1.29 is 18.0 Å². The van der Waals surface area contributed by atoms with Gasteiger partial charge in [0.25, 0.3) is 5.91 Å². The quantitative estimate of drug-likeness (QED) is 0.598. The molecule has 1 aliphatic heterocycles. The van der Waals surface area contributed by atoms with Crippen LogP contribution in [0.5, 0.6) is 0 Å². The molecular weight excluding hydrogens is 371 g/mol. The van der Waals surface area contributed by atoms with Gasteiger partial charge in [-0.15, -0.1) is 0 Å². The van der Waals surface area contributed by atoms with Crippen LogP contribution in [-0.4, -0.2) is 16.6 Å². The highest BCUT2D eigenvalue weighted by atomic mass is 19.1. The molecule has 0 radical (unpaired) electrons. The fourth-order valence-electron chi connectivity index (χ4n) is 4.18. The van der Waals surface area contributed by atoms with E-state index in [1.54, 1.807) is 12.5 Å². The summed E-state index contributed by atoms with van der Waals surface area (Å²) in [5, 5.41) is 6.24. The first-order valence-corrected chi connectivity index (χ1v) is 9.66. The number of rotatable bonds is 3. The van der Waals surface area contributed by atoms with Gasteiger partial charge < -0.3 is 8.83 Å². The lowest BCUT2D eigenvalue weighted by Gasteiger charge is -2.27. The van der Waals surface area contributed by atoms with Crippen molar-refractivity contribution in [1.82, 2.24) is 5.01 Å². The van der Waals surface area contributed by atoms with E-state index < -0.39 is 0 Å². The maximum absolute atomic E-state index is 13.3. The minimum atomic E-state index is -0.380. The molecule has 3 heterocycles. The van der Waals surface area contributed by atoms with E-state index in [2.05, 4.69) is 0 Å². The van der Waals surface area contributed by atoms with Gasteiger partial charge in [0, 0.05) is 11.5 Å². The minimum Gasteiger partial charge on any atom is -0.467 e. The Kier molecular flexibility index (Phi) is 4.39. The lowest BCUT2D eigenvalue weighted by atomic mass is 9.79. The minimum absolute atomic E-state index is 0.0421. The molecule has 0 saturated heterocycles. The average molecular weight is 390 g/mol. The zero-order valence-corrected chi connectivity index (χ0v) is 15.6. The molecule has 0 N–H and O–H groups in total. The number of carbonyl (C=O) groups is 1. The van der Waals surface area contributed by atoms with Gasteiger partial charge in [-0.05, 0) is 79.4 Å². The first-order chi connectivity index (χ1) is 14.2. The molecule has 0 spiro atoms. The maximum atomic E-state index is 13.3. The number of allylic oxidation sites excluding steroid dienone is 1. The van der Waals surface area contributed by atoms with Crippen molar-refractivity contribution in [3.63, 3.8) is 0 Å². The second-order valence-electron chi connectivity index (χ2n) is 7.29. The zero-order chi connectivity index (χ0) is 19.8. The first-order valence-electron chi connectivity index (χ1n) is 9.66. The Labute approximate surface area is 167 Å². The third-order valence-electron chi connectivity index (χ3n) is 5.50. The molecule has 3 aromatic rings. The highest BCUT2D eigenvalue weighted by molar-refractivity contribution is 6.09. The van der Waals surface area contributed by atoms with E-state index in [9.17, 15) is 9.18 Å². The van der Waals surface area contributed by atoms with Crippen LogP contribution in [0, 0.1) is 11.7 Å². The Bertz CT molecular complexity index is 1070.